The smallest absolute Gasteiger partial charge is 0.333 e. The van der Waals surface area contributed by atoms with Gasteiger partial charge in [-0.25, -0.2) is 14.5 Å². The summed E-state index contributed by atoms with van der Waals surface area (Å²) in [6.45, 7) is -1.28. The summed E-state index contributed by atoms with van der Waals surface area (Å²) in [6.07, 6.45) is 2.16. The van der Waals surface area contributed by atoms with Crippen molar-refractivity contribution in [3.63, 3.8) is 0 Å². The van der Waals surface area contributed by atoms with Gasteiger partial charge in [-0.2, -0.15) is 23.4 Å². The van der Waals surface area contributed by atoms with Crippen molar-refractivity contribution in [2.75, 3.05) is 13.2 Å². The van der Waals surface area contributed by atoms with Gasteiger partial charge in [0.2, 0.25) is 0 Å². The normalized spacial score (nSPS) is 21.3. The summed E-state index contributed by atoms with van der Waals surface area (Å²) in [5.41, 5.74) is -0.178. The van der Waals surface area contributed by atoms with Gasteiger partial charge in [-0.1, -0.05) is 6.08 Å². The van der Waals surface area contributed by atoms with Crippen molar-refractivity contribution >= 4 is 17.8 Å². The molecule has 23 heavy (non-hydrogen) atoms. The zero-order valence-electron chi connectivity index (χ0n) is 11.6. The molecule has 8 nitrogen and oxygen atoms in total. The molecule has 0 saturated heterocycles. The summed E-state index contributed by atoms with van der Waals surface area (Å²) in [6, 6.07) is -0.809. The van der Waals surface area contributed by atoms with Crippen molar-refractivity contribution < 1.29 is 18.0 Å². The lowest BCUT2D eigenvalue weighted by Gasteiger charge is -2.25. The number of hydrazone groups is 1. The molecule has 0 amide bonds. The van der Waals surface area contributed by atoms with Crippen molar-refractivity contribution in [2.45, 2.75) is 12.2 Å². The SMILES string of the molecule is O=C1C=C(n2cn[nH]c2=O)C=CC1N1CN(CC(F)(F)F)C=N1. The lowest BCUT2D eigenvalue weighted by molar-refractivity contribution is -0.139. The van der Waals surface area contributed by atoms with Crippen molar-refractivity contribution in [1.82, 2.24) is 24.7 Å². The highest BCUT2D eigenvalue weighted by Gasteiger charge is 2.34. The topological polar surface area (TPSA) is 86.6 Å². The summed E-state index contributed by atoms with van der Waals surface area (Å²) in [4.78, 5) is 24.6. The molecule has 0 bridgehead atoms. The van der Waals surface area contributed by atoms with Crippen LogP contribution >= 0.6 is 0 Å². The fourth-order valence-electron chi connectivity index (χ4n) is 2.27. The standard InChI is InChI=1S/C12H11F3N6O2/c13-12(14,15)4-19-6-17-21(7-19)9-2-1-8(3-10(9)22)20-5-16-18-11(20)23/h1-3,5-6,9H,4,7H2,(H,18,23). The maximum atomic E-state index is 12.3. The molecule has 0 aromatic carbocycles. The number of carbonyl (C=O) groups is 1. The van der Waals surface area contributed by atoms with Crippen LogP contribution in [0.4, 0.5) is 13.2 Å². The van der Waals surface area contributed by atoms with E-state index in [0.717, 1.165) is 15.8 Å². The fourth-order valence-corrected chi connectivity index (χ4v) is 2.27. The number of nitrogens with zero attached hydrogens (tertiary/aromatic N) is 5. The first-order chi connectivity index (χ1) is 10.8. The second-order valence-corrected chi connectivity index (χ2v) is 4.98. The van der Waals surface area contributed by atoms with Crippen LogP contribution in [0.2, 0.25) is 0 Å². The van der Waals surface area contributed by atoms with Gasteiger partial charge in [-0.3, -0.25) is 9.80 Å². The molecule has 1 aromatic heterocycles. The number of halogens is 3. The average Bonchev–Trinajstić information content (AvgIpc) is 3.06. The van der Waals surface area contributed by atoms with Crippen LogP contribution in [-0.4, -0.2) is 62.2 Å². The van der Waals surface area contributed by atoms with E-state index in [4.69, 9.17) is 0 Å². The Hall–Kier alpha value is -2.85. The van der Waals surface area contributed by atoms with Crippen LogP contribution in [0.1, 0.15) is 0 Å². The van der Waals surface area contributed by atoms with Gasteiger partial charge in [0, 0.05) is 6.08 Å². The van der Waals surface area contributed by atoms with E-state index >= 15 is 0 Å². The molecule has 2 aliphatic rings. The van der Waals surface area contributed by atoms with Gasteiger partial charge in [-0.05, 0) is 6.08 Å². The number of aromatic amines is 1. The van der Waals surface area contributed by atoms with Gasteiger partial charge in [0.05, 0.1) is 5.70 Å². The first-order valence-electron chi connectivity index (χ1n) is 6.51. The number of carbonyl (C=O) groups excluding carboxylic acids is 1. The fraction of sp³-hybridized carbons (Fsp3) is 0.333. The van der Waals surface area contributed by atoms with E-state index in [1.807, 2.05) is 0 Å². The molecule has 2 heterocycles. The zero-order chi connectivity index (χ0) is 16.6. The van der Waals surface area contributed by atoms with Crippen LogP contribution in [0.5, 0.6) is 0 Å². The monoisotopic (exact) mass is 328 g/mol. The number of allylic oxidation sites excluding steroid dienone is 2. The molecule has 0 radical (unpaired) electrons. The zero-order valence-corrected chi connectivity index (χ0v) is 11.6. The van der Waals surface area contributed by atoms with Gasteiger partial charge in [0.25, 0.3) is 0 Å². The Bertz CT molecular complexity index is 759. The van der Waals surface area contributed by atoms with E-state index in [2.05, 4.69) is 15.3 Å². The largest absolute Gasteiger partial charge is 0.406 e. The van der Waals surface area contributed by atoms with Gasteiger partial charge in [0.1, 0.15) is 31.9 Å². The number of aromatic nitrogens is 3. The van der Waals surface area contributed by atoms with Crippen LogP contribution in [0.3, 0.4) is 0 Å². The molecular weight excluding hydrogens is 317 g/mol. The summed E-state index contributed by atoms with van der Waals surface area (Å²) in [5, 5.41) is 10.8. The highest BCUT2D eigenvalue weighted by molar-refractivity contribution is 6.02. The van der Waals surface area contributed by atoms with E-state index in [1.54, 1.807) is 0 Å². The minimum absolute atomic E-state index is 0.144. The molecule has 122 valence electrons. The van der Waals surface area contributed by atoms with Crippen LogP contribution in [0.15, 0.2) is 34.5 Å². The van der Waals surface area contributed by atoms with Gasteiger partial charge < -0.3 is 4.90 Å². The predicted octanol–water partition coefficient (Wildman–Crippen LogP) is 0.000500. The summed E-state index contributed by atoms with van der Waals surface area (Å²) >= 11 is 0. The molecule has 0 fully saturated rings. The molecule has 1 unspecified atom stereocenters. The number of hydrogen-bond donors (Lipinski definition) is 1. The number of nitrogens with one attached hydrogen (secondary N) is 1. The average molecular weight is 328 g/mol. The van der Waals surface area contributed by atoms with E-state index in [-0.39, 0.29) is 12.5 Å². The second-order valence-electron chi connectivity index (χ2n) is 4.98. The molecule has 1 N–H and O–H groups in total. The Balaban J connectivity index is 1.69. The van der Waals surface area contributed by atoms with Crippen molar-refractivity contribution in [3.05, 3.63) is 35.0 Å². The molecular formula is C12H11F3N6O2. The minimum Gasteiger partial charge on any atom is -0.333 e. The van der Waals surface area contributed by atoms with E-state index in [1.165, 1.54) is 29.6 Å². The first kappa shape index (κ1) is 15.1. The third kappa shape index (κ3) is 3.17. The van der Waals surface area contributed by atoms with Crippen LogP contribution in [0, 0.1) is 0 Å². The van der Waals surface area contributed by atoms with E-state index < -0.39 is 24.5 Å². The quantitative estimate of drug-likeness (QED) is 0.844. The van der Waals surface area contributed by atoms with Crippen molar-refractivity contribution in [1.29, 1.82) is 0 Å². The number of rotatable bonds is 3. The van der Waals surface area contributed by atoms with Gasteiger partial charge in [-0.15, -0.1) is 0 Å². The van der Waals surface area contributed by atoms with Crippen LogP contribution < -0.4 is 5.69 Å². The Kier molecular flexibility index (Phi) is 3.54. The molecule has 11 heteroatoms. The lowest BCUT2D eigenvalue weighted by atomic mass is 10.1. The Morgan fingerprint density at radius 1 is 1.35 bits per heavy atom. The summed E-state index contributed by atoms with van der Waals surface area (Å²) < 4.78 is 38.2. The summed E-state index contributed by atoms with van der Waals surface area (Å²) in [7, 11) is 0. The lowest BCUT2D eigenvalue weighted by Crippen LogP contribution is -2.41. The maximum Gasteiger partial charge on any atom is 0.406 e. The third-order valence-electron chi connectivity index (χ3n) is 3.25. The first-order valence-corrected chi connectivity index (χ1v) is 6.51. The Morgan fingerprint density at radius 3 is 2.74 bits per heavy atom. The molecule has 3 rings (SSSR count). The van der Waals surface area contributed by atoms with Crippen molar-refractivity contribution in [2.24, 2.45) is 5.10 Å². The minimum atomic E-state index is -4.34. The van der Waals surface area contributed by atoms with Gasteiger partial charge >= 0.3 is 11.9 Å². The van der Waals surface area contributed by atoms with Crippen LogP contribution in [0.25, 0.3) is 5.70 Å². The summed E-state index contributed by atoms with van der Waals surface area (Å²) in [5.74, 6) is -0.387. The van der Waals surface area contributed by atoms with Crippen LogP contribution in [-0.2, 0) is 4.79 Å². The van der Waals surface area contributed by atoms with Gasteiger partial charge in [0.15, 0.2) is 5.78 Å². The molecule has 1 aromatic rings. The number of ketones is 1. The molecule has 1 aliphatic carbocycles. The maximum absolute atomic E-state index is 12.3. The highest BCUT2D eigenvalue weighted by atomic mass is 19.4. The second kappa shape index (κ2) is 5.41. The van der Waals surface area contributed by atoms with E-state index in [9.17, 15) is 22.8 Å². The molecule has 0 spiro atoms. The molecule has 0 saturated carbocycles. The predicted molar refractivity (Wildman–Crippen MR) is 73.0 cm³/mol. The third-order valence-corrected chi connectivity index (χ3v) is 3.25. The van der Waals surface area contributed by atoms with Crippen molar-refractivity contribution in [3.8, 4) is 0 Å². The van der Waals surface area contributed by atoms with E-state index in [0.29, 0.717) is 5.70 Å². The Morgan fingerprint density at radius 2 is 2.13 bits per heavy atom. The number of hydrogen-bond acceptors (Lipinski definition) is 6. The molecule has 1 aliphatic heterocycles. The highest BCUT2D eigenvalue weighted by Crippen LogP contribution is 2.21. The number of H-pyrrole nitrogens is 1. The Labute approximate surface area is 127 Å². The number of alkyl halides is 3. The molecule has 1 atom stereocenters.